The fourth-order valence-corrected chi connectivity index (χ4v) is 2.44. The van der Waals surface area contributed by atoms with Gasteiger partial charge in [-0.15, -0.1) is 5.10 Å². The molecule has 1 aliphatic carbocycles. The number of aryl methyl sites for hydroxylation is 1. The lowest BCUT2D eigenvalue weighted by Gasteiger charge is -2.04. The van der Waals surface area contributed by atoms with Crippen molar-refractivity contribution in [2.45, 2.75) is 25.3 Å². The zero-order valence-electron chi connectivity index (χ0n) is 11.2. The van der Waals surface area contributed by atoms with Gasteiger partial charge in [0.25, 0.3) is 0 Å². The third-order valence-electron chi connectivity index (χ3n) is 3.29. The molecule has 20 heavy (non-hydrogen) atoms. The van der Waals surface area contributed by atoms with Crippen molar-refractivity contribution in [2.75, 3.05) is 6.61 Å². The summed E-state index contributed by atoms with van der Waals surface area (Å²) >= 11 is 3.44. The Hall–Kier alpha value is -1.56. The molecule has 2 aromatic rings. The van der Waals surface area contributed by atoms with Crippen LogP contribution < -0.4 is 10.1 Å². The highest BCUT2D eigenvalue weighted by Gasteiger charge is 2.23. The van der Waals surface area contributed by atoms with E-state index in [1.165, 1.54) is 0 Å². The van der Waals surface area contributed by atoms with Gasteiger partial charge in [-0.1, -0.05) is 15.9 Å². The molecule has 0 aliphatic heterocycles. The largest absolute Gasteiger partial charge is 0.476 e. The number of benzene rings is 1. The Morgan fingerprint density at radius 3 is 3.10 bits per heavy atom. The molecule has 0 unspecified atom stereocenters. The number of rotatable bonds is 5. The highest BCUT2D eigenvalue weighted by molar-refractivity contribution is 9.10. The van der Waals surface area contributed by atoms with Gasteiger partial charge < -0.3 is 10.1 Å². The van der Waals surface area contributed by atoms with Gasteiger partial charge in [0.2, 0.25) is 11.8 Å². The van der Waals surface area contributed by atoms with E-state index in [2.05, 4.69) is 26.3 Å². The number of amides is 1. The quantitative estimate of drug-likeness (QED) is 0.911. The molecule has 0 bridgehead atoms. The Bertz CT molecular complexity index is 649. The number of ether oxygens (including phenoxy) is 1. The molecule has 1 N–H and O–H groups in total. The van der Waals surface area contributed by atoms with Gasteiger partial charge in [0.15, 0.2) is 0 Å². The fraction of sp³-hybridized carbons (Fsp3) is 0.429. The van der Waals surface area contributed by atoms with Crippen molar-refractivity contribution >= 4 is 32.7 Å². The van der Waals surface area contributed by atoms with Crippen LogP contribution in [0.3, 0.4) is 0 Å². The third kappa shape index (κ3) is 2.95. The van der Waals surface area contributed by atoms with Crippen LogP contribution >= 0.6 is 15.9 Å². The molecule has 5 nitrogen and oxygen atoms in total. The molecule has 0 spiro atoms. The number of fused-ring (bicyclic) bond motifs is 1. The standard InChI is InChI=1S/C14H16BrN3O2/c1-18-12-5-2-9(15)8-11(12)14(17-18)20-7-6-13(19)16-10-3-4-10/h2,5,8,10H,3-4,6-7H2,1H3,(H,16,19). The first-order chi connectivity index (χ1) is 9.63. The minimum Gasteiger partial charge on any atom is -0.476 e. The number of hydrogen-bond acceptors (Lipinski definition) is 3. The number of nitrogens with zero attached hydrogens (tertiary/aromatic N) is 2. The van der Waals surface area contributed by atoms with E-state index in [0.29, 0.717) is 24.9 Å². The third-order valence-corrected chi connectivity index (χ3v) is 3.78. The van der Waals surface area contributed by atoms with Crippen LogP contribution in [-0.2, 0) is 11.8 Å². The molecular formula is C14H16BrN3O2. The first-order valence-corrected chi connectivity index (χ1v) is 7.47. The first kappa shape index (κ1) is 13.4. The number of carbonyl (C=O) groups excluding carboxylic acids is 1. The SMILES string of the molecule is Cn1nc(OCCC(=O)NC2CC2)c2cc(Br)ccc21. The van der Waals surface area contributed by atoms with Crippen molar-refractivity contribution < 1.29 is 9.53 Å². The van der Waals surface area contributed by atoms with Crippen LogP contribution in [0.5, 0.6) is 5.88 Å². The molecule has 1 aromatic carbocycles. The summed E-state index contributed by atoms with van der Waals surface area (Å²) in [7, 11) is 1.88. The van der Waals surface area contributed by atoms with Crippen LogP contribution in [0.25, 0.3) is 10.9 Å². The molecule has 1 aliphatic rings. The van der Waals surface area contributed by atoms with E-state index in [9.17, 15) is 4.79 Å². The van der Waals surface area contributed by atoms with Crippen molar-refractivity contribution in [3.05, 3.63) is 22.7 Å². The van der Waals surface area contributed by atoms with Crippen LogP contribution in [0.15, 0.2) is 22.7 Å². The maximum atomic E-state index is 11.6. The minimum atomic E-state index is 0.0499. The number of hydrogen-bond donors (Lipinski definition) is 1. The Balaban J connectivity index is 1.64. The molecule has 6 heteroatoms. The second-order valence-corrected chi connectivity index (χ2v) is 5.95. The molecule has 1 fully saturated rings. The van der Waals surface area contributed by atoms with Gasteiger partial charge in [-0.05, 0) is 31.0 Å². The molecule has 1 heterocycles. The highest BCUT2D eigenvalue weighted by atomic mass is 79.9. The van der Waals surface area contributed by atoms with E-state index in [1.54, 1.807) is 4.68 Å². The lowest BCUT2D eigenvalue weighted by atomic mass is 10.2. The molecule has 3 rings (SSSR count). The van der Waals surface area contributed by atoms with Gasteiger partial charge in [-0.25, -0.2) is 0 Å². The Labute approximate surface area is 125 Å². The van der Waals surface area contributed by atoms with Gasteiger partial charge in [-0.2, -0.15) is 0 Å². The van der Waals surface area contributed by atoms with Crippen molar-refractivity contribution in [1.29, 1.82) is 0 Å². The van der Waals surface area contributed by atoms with Crippen LogP contribution in [0.1, 0.15) is 19.3 Å². The van der Waals surface area contributed by atoms with Crippen LogP contribution in [-0.4, -0.2) is 28.3 Å². The second-order valence-electron chi connectivity index (χ2n) is 5.03. The van der Waals surface area contributed by atoms with Crippen molar-refractivity contribution in [3.8, 4) is 5.88 Å². The fourth-order valence-electron chi connectivity index (χ4n) is 2.08. The monoisotopic (exact) mass is 337 g/mol. The first-order valence-electron chi connectivity index (χ1n) is 6.68. The lowest BCUT2D eigenvalue weighted by Crippen LogP contribution is -2.26. The zero-order valence-corrected chi connectivity index (χ0v) is 12.8. The zero-order chi connectivity index (χ0) is 14.1. The summed E-state index contributed by atoms with van der Waals surface area (Å²) < 4.78 is 8.41. The predicted molar refractivity (Wildman–Crippen MR) is 79.7 cm³/mol. The molecule has 0 saturated heterocycles. The summed E-state index contributed by atoms with van der Waals surface area (Å²) in [4.78, 5) is 11.6. The molecule has 0 atom stereocenters. The molecular weight excluding hydrogens is 322 g/mol. The van der Waals surface area contributed by atoms with E-state index < -0.39 is 0 Å². The van der Waals surface area contributed by atoms with Gasteiger partial charge >= 0.3 is 0 Å². The van der Waals surface area contributed by atoms with Gasteiger partial charge in [0.05, 0.1) is 23.9 Å². The number of nitrogens with one attached hydrogen (secondary N) is 1. The maximum absolute atomic E-state index is 11.6. The highest BCUT2D eigenvalue weighted by Crippen LogP contribution is 2.27. The van der Waals surface area contributed by atoms with E-state index in [1.807, 2.05) is 25.2 Å². The molecule has 106 valence electrons. The van der Waals surface area contributed by atoms with Gasteiger partial charge in [0.1, 0.15) is 0 Å². The van der Waals surface area contributed by atoms with Crippen LogP contribution in [0.2, 0.25) is 0 Å². The molecule has 1 aromatic heterocycles. The summed E-state index contributed by atoms with van der Waals surface area (Å²) in [6.45, 7) is 0.344. The Morgan fingerprint density at radius 1 is 1.55 bits per heavy atom. The van der Waals surface area contributed by atoms with E-state index >= 15 is 0 Å². The molecule has 1 amide bonds. The molecule has 0 radical (unpaired) electrons. The lowest BCUT2D eigenvalue weighted by molar-refractivity contribution is -0.121. The number of aromatic nitrogens is 2. The van der Waals surface area contributed by atoms with Crippen molar-refractivity contribution in [1.82, 2.24) is 15.1 Å². The summed E-state index contributed by atoms with van der Waals surface area (Å²) in [5.41, 5.74) is 1.01. The summed E-state index contributed by atoms with van der Waals surface area (Å²) in [5.74, 6) is 0.622. The Kier molecular flexibility index (Phi) is 3.65. The summed E-state index contributed by atoms with van der Waals surface area (Å²) in [6, 6.07) is 6.33. The van der Waals surface area contributed by atoms with Crippen LogP contribution in [0, 0.1) is 0 Å². The van der Waals surface area contributed by atoms with Gasteiger partial charge in [0, 0.05) is 17.6 Å². The smallest absolute Gasteiger partial charge is 0.240 e. The van der Waals surface area contributed by atoms with E-state index in [4.69, 9.17) is 4.74 Å². The summed E-state index contributed by atoms with van der Waals surface area (Å²) in [6.07, 6.45) is 2.57. The summed E-state index contributed by atoms with van der Waals surface area (Å²) in [5, 5.41) is 8.23. The van der Waals surface area contributed by atoms with Crippen molar-refractivity contribution in [3.63, 3.8) is 0 Å². The second kappa shape index (κ2) is 5.44. The van der Waals surface area contributed by atoms with E-state index in [-0.39, 0.29) is 5.91 Å². The number of halogens is 1. The van der Waals surface area contributed by atoms with Gasteiger partial charge in [-0.3, -0.25) is 9.48 Å². The van der Waals surface area contributed by atoms with Crippen molar-refractivity contribution in [2.24, 2.45) is 7.05 Å². The maximum Gasteiger partial charge on any atom is 0.240 e. The average Bonchev–Trinajstić information content (AvgIpc) is 3.15. The Morgan fingerprint density at radius 2 is 2.35 bits per heavy atom. The predicted octanol–water partition coefficient (Wildman–Crippen LogP) is 2.38. The minimum absolute atomic E-state index is 0.0499. The number of carbonyl (C=O) groups is 1. The average molecular weight is 338 g/mol. The molecule has 1 saturated carbocycles. The van der Waals surface area contributed by atoms with Crippen LogP contribution in [0.4, 0.5) is 0 Å². The normalized spacial score (nSPS) is 14.5. The topological polar surface area (TPSA) is 56.2 Å². The van der Waals surface area contributed by atoms with E-state index in [0.717, 1.165) is 28.2 Å².